The van der Waals surface area contributed by atoms with Gasteiger partial charge < -0.3 is 70.0 Å². The fraction of sp³-hybridized carbons (Fsp3) is 0.889. The van der Waals surface area contributed by atoms with Crippen molar-refractivity contribution in [2.75, 3.05) is 13.2 Å². The second-order valence-corrected chi connectivity index (χ2v) is 12.0. The molecule has 0 radical (unpaired) electrons. The monoisotopic (exact) mass is 606 g/mol. The third-order valence-corrected chi connectivity index (χ3v) is 9.41. The van der Waals surface area contributed by atoms with Crippen molar-refractivity contribution >= 4 is 5.78 Å². The van der Waals surface area contributed by atoms with E-state index in [1.807, 2.05) is 0 Å². The molecule has 4 fully saturated rings. The molecule has 15 heteroatoms. The number of rotatable bonds is 6. The summed E-state index contributed by atoms with van der Waals surface area (Å²) in [7, 11) is 0. The smallest absolute Gasteiger partial charge is 0.187 e. The van der Waals surface area contributed by atoms with Crippen LogP contribution in [0.1, 0.15) is 32.1 Å². The summed E-state index contributed by atoms with van der Waals surface area (Å²) in [6.07, 6.45) is -18.4. The average Bonchev–Trinajstić information content (AvgIpc) is 2.96. The van der Waals surface area contributed by atoms with Crippen molar-refractivity contribution in [2.24, 2.45) is 11.8 Å². The summed E-state index contributed by atoms with van der Waals surface area (Å²) in [5.41, 5.74) is 0.794. The van der Waals surface area contributed by atoms with E-state index >= 15 is 0 Å². The molecule has 3 saturated heterocycles. The number of hydrogen-bond acceptors (Lipinski definition) is 15. The molecular weight excluding hydrogens is 564 g/mol. The van der Waals surface area contributed by atoms with Crippen LogP contribution >= 0.6 is 0 Å². The van der Waals surface area contributed by atoms with E-state index in [2.05, 4.69) is 0 Å². The van der Waals surface area contributed by atoms with Crippen LogP contribution in [0, 0.1) is 11.8 Å². The van der Waals surface area contributed by atoms with Gasteiger partial charge in [0.1, 0.15) is 54.6 Å². The Labute approximate surface area is 241 Å². The zero-order valence-corrected chi connectivity index (χ0v) is 22.9. The molecule has 3 heterocycles. The van der Waals surface area contributed by atoms with Crippen molar-refractivity contribution in [3.63, 3.8) is 0 Å². The van der Waals surface area contributed by atoms with Gasteiger partial charge in [-0.25, -0.2) is 0 Å². The third-order valence-electron chi connectivity index (χ3n) is 9.41. The molecule has 0 bridgehead atoms. The standard InChI is InChI=1S/C27H42O15/c28-7-15-20(35)22(37)26(42-27-23(38)21(36)19(34)16(8-29)41-27)25(40-15)18-12(32)5-11(31)17-13(33)6-14(39-24(17)18)9-1-3-10(30)4-2-9/h1,10-12,14-32,34-38H,2-8H2/t10?,11?,12?,14?,15-,16-,17?,18?,19-,20-,21+,22+,23-,24?,25+,26-,27+/m1/s1. The van der Waals surface area contributed by atoms with E-state index in [0.29, 0.717) is 19.3 Å². The van der Waals surface area contributed by atoms with Gasteiger partial charge in [-0.15, -0.1) is 0 Å². The molecule has 240 valence electrons. The molecule has 1 saturated carbocycles. The fourth-order valence-corrected chi connectivity index (χ4v) is 7.04. The lowest BCUT2D eigenvalue weighted by molar-refractivity contribution is -0.351. The van der Waals surface area contributed by atoms with E-state index in [9.17, 15) is 55.9 Å². The largest absolute Gasteiger partial charge is 0.394 e. The Hall–Kier alpha value is -1.15. The van der Waals surface area contributed by atoms with Gasteiger partial charge >= 0.3 is 0 Å². The Bertz CT molecular complexity index is 977. The summed E-state index contributed by atoms with van der Waals surface area (Å²) in [4.78, 5) is 13.4. The molecule has 0 amide bonds. The van der Waals surface area contributed by atoms with Crippen molar-refractivity contribution in [1.29, 1.82) is 0 Å². The van der Waals surface area contributed by atoms with E-state index in [1.54, 1.807) is 6.08 Å². The molecule has 7 unspecified atom stereocenters. The van der Waals surface area contributed by atoms with Gasteiger partial charge in [-0.2, -0.15) is 0 Å². The first kappa shape index (κ1) is 32.2. The van der Waals surface area contributed by atoms with Gasteiger partial charge in [0.05, 0.1) is 55.8 Å². The highest BCUT2D eigenvalue weighted by Gasteiger charge is 2.60. The first-order chi connectivity index (χ1) is 20.0. The number of aliphatic hydroxyl groups excluding tert-OH is 10. The van der Waals surface area contributed by atoms with Gasteiger partial charge in [-0.1, -0.05) is 6.08 Å². The number of Topliss-reactive ketones (excluding diaryl/α,β-unsaturated/α-hetero) is 1. The van der Waals surface area contributed by atoms with Gasteiger partial charge in [0.15, 0.2) is 6.29 Å². The number of fused-ring (bicyclic) bond motifs is 1. The van der Waals surface area contributed by atoms with Crippen LogP contribution in [-0.2, 0) is 23.7 Å². The summed E-state index contributed by atoms with van der Waals surface area (Å²) in [5, 5.41) is 104. The molecular formula is C27H42O15. The van der Waals surface area contributed by atoms with Crippen molar-refractivity contribution in [3.05, 3.63) is 11.6 Å². The van der Waals surface area contributed by atoms with E-state index in [4.69, 9.17) is 18.9 Å². The van der Waals surface area contributed by atoms with Crippen molar-refractivity contribution in [1.82, 2.24) is 0 Å². The minimum atomic E-state index is -1.86. The maximum Gasteiger partial charge on any atom is 0.187 e. The number of carbonyl (C=O) groups excluding carboxylic acids is 1. The predicted octanol–water partition coefficient (Wildman–Crippen LogP) is -4.79. The zero-order chi connectivity index (χ0) is 30.5. The van der Waals surface area contributed by atoms with Gasteiger partial charge in [0.25, 0.3) is 0 Å². The van der Waals surface area contributed by atoms with Crippen LogP contribution in [0.5, 0.6) is 0 Å². The molecule has 3 aliphatic heterocycles. The quantitative estimate of drug-likeness (QED) is 0.127. The average molecular weight is 607 g/mol. The van der Waals surface area contributed by atoms with E-state index in [1.165, 1.54) is 0 Å². The highest BCUT2D eigenvalue weighted by molar-refractivity contribution is 5.84. The van der Waals surface area contributed by atoms with Crippen molar-refractivity contribution in [3.8, 4) is 0 Å². The molecule has 0 aromatic heterocycles. The van der Waals surface area contributed by atoms with Crippen LogP contribution in [0.15, 0.2) is 11.6 Å². The number of ketones is 1. The van der Waals surface area contributed by atoms with Crippen LogP contribution < -0.4 is 0 Å². The lowest BCUT2D eigenvalue weighted by atomic mass is 9.67. The highest BCUT2D eigenvalue weighted by Crippen LogP contribution is 2.45. The van der Waals surface area contributed by atoms with Crippen molar-refractivity contribution < 1.29 is 74.8 Å². The molecule has 17 atom stereocenters. The second kappa shape index (κ2) is 13.1. The summed E-state index contributed by atoms with van der Waals surface area (Å²) in [5.74, 6) is -2.54. The molecule has 15 nitrogen and oxygen atoms in total. The Balaban J connectivity index is 1.47. The third kappa shape index (κ3) is 5.93. The lowest BCUT2D eigenvalue weighted by Crippen LogP contribution is -2.69. The first-order valence-electron chi connectivity index (χ1n) is 14.5. The Morgan fingerprint density at radius 1 is 0.786 bits per heavy atom. The number of hydrogen-bond donors (Lipinski definition) is 10. The predicted molar refractivity (Wildman–Crippen MR) is 136 cm³/mol. The molecule has 2 aliphatic carbocycles. The highest BCUT2D eigenvalue weighted by atomic mass is 16.7. The molecule has 42 heavy (non-hydrogen) atoms. The normalized spacial score (nSPS) is 52.0. The van der Waals surface area contributed by atoms with Crippen LogP contribution in [-0.4, -0.2) is 162 Å². The minimum Gasteiger partial charge on any atom is -0.394 e. The second-order valence-electron chi connectivity index (χ2n) is 12.0. The topological polar surface area (TPSA) is 256 Å². The Kier molecular flexibility index (Phi) is 10.0. The molecule has 5 rings (SSSR count). The van der Waals surface area contributed by atoms with Crippen molar-refractivity contribution in [2.45, 2.75) is 124 Å². The van der Waals surface area contributed by atoms with Crippen LogP contribution in [0.3, 0.4) is 0 Å². The first-order valence-corrected chi connectivity index (χ1v) is 14.5. The maximum atomic E-state index is 13.4. The number of carbonyl (C=O) groups is 1. The SMILES string of the molecule is O=C1CC(C2=CCC(O)CC2)OC2C1C(O)CC(O)C2[C@@H]1O[C@H](CO)[C@@H](O)[C@H](O)[C@H]1O[C@@H]1O[C@H](CO)[C@@H](O)[C@H](O)[C@H]1O. The summed E-state index contributed by atoms with van der Waals surface area (Å²) < 4.78 is 23.6. The van der Waals surface area contributed by atoms with Crippen LogP contribution in [0.25, 0.3) is 0 Å². The van der Waals surface area contributed by atoms with E-state index < -0.39 is 117 Å². The van der Waals surface area contributed by atoms with Gasteiger partial charge in [-0.3, -0.25) is 4.79 Å². The van der Waals surface area contributed by atoms with E-state index in [0.717, 1.165) is 5.57 Å². The molecule has 0 aromatic rings. The summed E-state index contributed by atoms with van der Waals surface area (Å²) >= 11 is 0. The molecule has 0 aromatic carbocycles. The van der Waals surface area contributed by atoms with Gasteiger partial charge in [0.2, 0.25) is 0 Å². The van der Waals surface area contributed by atoms with E-state index in [-0.39, 0.29) is 18.6 Å². The minimum absolute atomic E-state index is 0.0279. The molecule has 5 aliphatic rings. The molecule has 10 N–H and O–H groups in total. The van der Waals surface area contributed by atoms with Crippen LogP contribution in [0.2, 0.25) is 0 Å². The lowest BCUT2D eigenvalue weighted by Gasteiger charge is -2.54. The summed E-state index contributed by atoms with van der Waals surface area (Å²) in [6, 6.07) is 0. The zero-order valence-electron chi connectivity index (χ0n) is 22.9. The summed E-state index contributed by atoms with van der Waals surface area (Å²) in [6.45, 7) is -1.49. The number of ether oxygens (including phenoxy) is 4. The Morgan fingerprint density at radius 2 is 1.45 bits per heavy atom. The van der Waals surface area contributed by atoms with Gasteiger partial charge in [-0.05, 0) is 24.8 Å². The molecule has 0 spiro atoms. The number of aliphatic hydroxyl groups is 10. The Morgan fingerprint density at radius 3 is 2.10 bits per heavy atom. The van der Waals surface area contributed by atoms with Crippen LogP contribution in [0.4, 0.5) is 0 Å². The maximum absolute atomic E-state index is 13.4. The fourth-order valence-electron chi connectivity index (χ4n) is 7.04. The van der Waals surface area contributed by atoms with Gasteiger partial charge in [0, 0.05) is 18.8 Å².